The molecule has 3 heterocycles. The molecule has 7 heteroatoms. The summed E-state index contributed by atoms with van der Waals surface area (Å²) in [4.78, 5) is 23.8. The summed E-state index contributed by atoms with van der Waals surface area (Å²) < 4.78 is 13.4. The quantitative estimate of drug-likeness (QED) is 0.673. The van der Waals surface area contributed by atoms with Gasteiger partial charge in [0.1, 0.15) is 11.3 Å². The maximum Gasteiger partial charge on any atom is 0.305 e. The second kappa shape index (κ2) is 5.67. The Hall–Kier alpha value is -2.57. The van der Waals surface area contributed by atoms with Crippen LogP contribution in [0, 0.1) is 6.92 Å². The highest BCUT2D eigenvalue weighted by atomic mass is 16.5. The summed E-state index contributed by atoms with van der Waals surface area (Å²) in [6.07, 6.45) is 2.37. The van der Waals surface area contributed by atoms with Crippen molar-refractivity contribution in [1.82, 2.24) is 14.2 Å². The number of nitrogens with zero attached hydrogens (tertiary/aromatic N) is 3. The van der Waals surface area contributed by atoms with Crippen LogP contribution in [0.1, 0.15) is 25.6 Å². The first-order chi connectivity index (χ1) is 10.6. The molecule has 0 amide bonds. The van der Waals surface area contributed by atoms with Gasteiger partial charge in [-0.25, -0.2) is 4.68 Å². The molecule has 0 aliphatic heterocycles. The monoisotopic (exact) mass is 303 g/mol. The highest BCUT2D eigenvalue weighted by Gasteiger charge is 2.14. The number of esters is 1. The number of hydrogen-bond acceptors (Lipinski definition) is 5. The van der Waals surface area contributed by atoms with Crippen LogP contribution in [0.3, 0.4) is 0 Å². The van der Waals surface area contributed by atoms with Crippen LogP contribution >= 0.6 is 0 Å². The Morgan fingerprint density at radius 2 is 2.23 bits per heavy atom. The Balaban J connectivity index is 1.89. The van der Waals surface area contributed by atoms with E-state index in [2.05, 4.69) is 5.10 Å². The molecule has 116 valence electrons. The van der Waals surface area contributed by atoms with Gasteiger partial charge in [-0.1, -0.05) is 0 Å². The van der Waals surface area contributed by atoms with E-state index in [4.69, 9.17) is 9.15 Å². The highest BCUT2D eigenvalue weighted by Crippen LogP contribution is 2.19. The van der Waals surface area contributed by atoms with E-state index in [1.165, 1.54) is 4.68 Å². The lowest BCUT2D eigenvalue weighted by Crippen LogP contribution is -2.26. The average Bonchev–Trinajstić information content (AvgIpc) is 3.04. The smallest absolute Gasteiger partial charge is 0.305 e. The van der Waals surface area contributed by atoms with Crippen LogP contribution in [0.5, 0.6) is 0 Å². The van der Waals surface area contributed by atoms with Crippen LogP contribution in [0.2, 0.25) is 0 Å². The molecular weight excluding hydrogens is 286 g/mol. The summed E-state index contributed by atoms with van der Waals surface area (Å²) in [5.74, 6) is 0.440. The van der Waals surface area contributed by atoms with E-state index in [9.17, 15) is 9.59 Å². The lowest BCUT2D eigenvalue weighted by atomic mass is 10.3. The van der Waals surface area contributed by atoms with Crippen LogP contribution in [-0.4, -0.2) is 26.8 Å². The molecule has 0 N–H and O–H groups in total. The third-order valence-corrected chi connectivity index (χ3v) is 3.52. The number of carbonyl (C=O) groups excluding carboxylic acids is 1. The van der Waals surface area contributed by atoms with Gasteiger partial charge >= 0.3 is 5.97 Å². The standard InChI is InChI=1S/C15H17N3O4/c1-3-21-14(19)5-4-7-17-15(20)12-9-13-11(6-8-22-13)18(12)10(2)16-17/h6,8-9H,3-5,7H2,1-2H3. The number of fused-ring (bicyclic) bond motifs is 3. The van der Waals surface area contributed by atoms with E-state index in [1.807, 2.05) is 13.0 Å². The molecule has 0 radical (unpaired) electrons. The number of aromatic nitrogens is 3. The van der Waals surface area contributed by atoms with Gasteiger partial charge in [-0.15, -0.1) is 0 Å². The molecule has 0 aliphatic rings. The molecule has 0 bridgehead atoms. The predicted molar refractivity (Wildman–Crippen MR) is 79.8 cm³/mol. The first-order valence-corrected chi connectivity index (χ1v) is 7.24. The summed E-state index contributed by atoms with van der Waals surface area (Å²) in [5.41, 5.74) is 1.82. The fraction of sp³-hybridized carbons (Fsp3) is 0.400. The van der Waals surface area contributed by atoms with Crippen molar-refractivity contribution in [1.29, 1.82) is 0 Å². The van der Waals surface area contributed by atoms with Crippen LogP contribution in [0.25, 0.3) is 16.6 Å². The largest absolute Gasteiger partial charge is 0.466 e. The average molecular weight is 303 g/mol. The molecule has 0 saturated carbocycles. The molecule has 0 aromatic carbocycles. The molecule has 22 heavy (non-hydrogen) atoms. The molecule has 3 rings (SSSR count). The summed E-state index contributed by atoms with van der Waals surface area (Å²) in [5, 5.41) is 4.32. The molecule has 0 aliphatic carbocycles. The van der Waals surface area contributed by atoms with Crippen molar-refractivity contribution in [3.63, 3.8) is 0 Å². The highest BCUT2D eigenvalue weighted by molar-refractivity contribution is 5.82. The van der Waals surface area contributed by atoms with Crippen molar-refractivity contribution < 1.29 is 13.9 Å². The Bertz CT molecular complexity index is 887. The van der Waals surface area contributed by atoms with Gasteiger partial charge in [-0.05, 0) is 20.3 Å². The lowest BCUT2D eigenvalue weighted by molar-refractivity contribution is -0.143. The van der Waals surface area contributed by atoms with Crippen LogP contribution < -0.4 is 5.56 Å². The molecule has 3 aromatic heterocycles. The van der Waals surface area contributed by atoms with E-state index >= 15 is 0 Å². The van der Waals surface area contributed by atoms with E-state index < -0.39 is 0 Å². The minimum atomic E-state index is -0.256. The molecule has 0 spiro atoms. The Labute approximate surface area is 126 Å². The molecular formula is C15H17N3O4. The van der Waals surface area contributed by atoms with Gasteiger partial charge in [0, 0.05) is 25.1 Å². The number of carbonyl (C=O) groups is 1. The molecule has 0 fully saturated rings. The zero-order valence-electron chi connectivity index (χ0n) is 12.5. The third kappa shape index (κ3) is 2.38. The molecule has 0 saturated heterocycles. The first kappa shape index (κ1) is 14.4. The number of ether oxygens (including phenoxy) is 1. The molecule has 3 aromatic rings. The minimum absolute atomic E-state index is 0.194. The van der Waals surface area contributed by atoms with Crippen molar-refractivity contribution in [2.24, 2.45) is 0 Å². The first-order valence-electron chi connectivity index (χ1n) is 7.24. The van der Waals surface area contributed by atoms with Crippen molar-refractivity contribution in [3.05, 3.63) is 34.6 Å². The lowest BCUT2D eigenvalue weighted by Gasteiger charge is -2.08. The Morgan fingerprint density at radius 3 is 3.00 bits per heavy atom. The maximum absolute atomic E-state index is 12.5. The van der Waals surface area contributed by atoms with Crippen LogP contribution in [-0.2, 0) is 16.1 Å². The number of furan rings is 1. The molecule has 7 nitrogen and oxygen atoms in total. The van der Waals surface area contributed by atoms with Crippen LogP contribution in [0.15, 0.2) is 27.6 Å². The third-order valence-electron chi connectivity index (χ3n) is 3.52. The van der Waals surface area contributed by atoms with E-state index in [0.717, 1.165) is 5.52 Å². The number of rotatable bonds is 5. The van der Waals surface area contributed by atoms with E-state index in [-0.39, 0.29) is 17.9 Å². The van der Waals surface area contributed by atoms with Gasteiger partial charge in [0.25, 0.3) is 5.56 Å². The fourth-order valence-electron chi connectivity index (χ4n) is 2.59. The second-order valence-corrected chi connectivity index (χ2v) is 5.02. The number of hydrogen-bond donors (Lipinski definition) is 0. The SMILES string of the molecule is CCOC(=O)CCCn1nc(C)n2c(cc3occc32)c1=O. The summed E-state index contributed by atoms with van der Waals surface area (Å²) in [7, 11) is 0. The summed E-state index contributed by atoms with van der Waals surface area (Å²) >= 11 is 0. The van der Waals surface area contributed by atoms with Gasteiger partial charge in [-0.3, -0.25) is 14.0 Å². The number of aryl methyl sites for hydroxylation is 2. The maximum atomic E-state index is 12.5. The van der Waals surface area contributed by atoms with E-state index in [1.54, 1.807) is 23.7 Å². The van der Waals surface area contributed by atoms with Crippen molar-refractivity contribution >= 4 is 22.6 Å². The summed E-state index contributed by atoms with van der Waals surface area (Å²) in [6, 6.07) is 3.52. The van der Waals surface area contributed by atoms with Gasteiger partial charge in [0.2, 0.25) is 0 Å². The van der Waals surface area contributed by atoms with Gasteiger partial charge < -0.3 is 9.15 Å². The van der Waals surface area contributed by atoms with Crippen molar-refractivity contribution in [2.45, 2.75) is 33.2 Å². The van der Waals surface area contributed by atoms with E-state index in [0.29, 0.717) is 36.5 Å². The zero-order valence-corrected chi connectivity index (χ0v) is 12.5. The van der Waals surface area contributed by atoms with Gasteiger partial charge in [-0.2, -0.15) is 5.10 Å². The molecule has 0 atom stereocenters. The Morgan fingerprint density at radius 1 is 1.41 bits per heavy atom. The normalized spacial score (nSPS) is 11.4. The predicted octanol–water partition coefficient (Wildman–Crippen LogP) is 1.89. The topological polar surface area (TPSA) is 78.7 Å². The molecule has 0 unspecified atom stereocenters. The van der Waals surface area contributed by atoms with Crippen molar-refractivity contribution in [2.75, 3.05) is 6.61 Å². The minimum Gasteiger partial charge on any atom is -0.466 e. The second-order valence-electron chi connectivity index (χ2n) is 5.02. The van der Waals surface area contributed by atoms with Crippen molar-refractivity contribution in [3.8, 4) is 0 Å². The fourth-order valence-corrected chi connectivity index (χ4v) is 2.59. The zero-order chi connectivity index (χ0) is 15.7. The van der Waals surface area contributed by atoms with Gasteiger partial charge in [0.05, 0.1) is 18.4 Å². The summed E-state index contributed by atoms with van der Waals surface area (Å²) in [6.45, 7) is 4.34. The van der Waals surface area contributed by atoms with Gasteiger partial charge in [0.15, 0.2) is 5.58 Å². The Kier molecular flexibility index (Phi) is 3.70. The van der Waals surface area contributed by atoms with Crippen LogP contribution in [0.4, 0.5) is 0 Å².